The van der Waals surface area contributed by atoms with E-state index in [9.17, 15) is 9.59 Å². The zero-order valence-electron chi connectivity index (χ0n) is 15.4. The molecule has 0 bridgehead atoms. The van der Waals surface area contributed by atoms with Crippen LogP contribution in [0.1, 0.15) is 33.3 Å². The van der Waals surface area contributed by atoms with Crippen molar-refractivity contribution in [3.05, 3.63) is 105 Å². The summed E-state index contributed by atoms with van der Waals surface area (Å²) < 4.78 is 5.93. The van der Waals surface area contributed by atoms with Crippen molar-refractivity contribution in [3.63, 3.8) is 0 Å². The number of hydrogen-bond donors (Lipinski definition) is 0. The minimum Gasteiger partial charge on any atom is -0.450 e. The molecule has 4 aromatic rings. The molecule has 0 saturated carbocycles. The molecule has 1 atom stereocenters. The third kappa shape index (κ3) is 2.74. The molecule has 6 heteroatoms. The minimum atomic E-state index is -0.674. The van der Waals surface area contributed by atoms with E-state index in [1.165, 1.54) is 4.90 Å². The number of aryl methyl sites for hydroxylation is 1. The summed E-state index contributed by atoms with van der Waals surface area (Å²) in [6.07, 6.45) is 1.61. The molecule has 29 heavy (non-hydrogen) atoms. The highest BCUT2D eigenvalue weighted by atomic mass is 35.5. The summed E-state index contributed by atoms with van der Waals surface area (Å²) in [5.74, 6) is 0.0822. The van der Waals surface area contributed by atoms with Gasteiger partial charge in [-0.3, -0.25) is 14.5 Å². The molecule has 0 aliphatic carbocycles. The zero-order chi connectivity index (χ0) is 20.1. The molecule has 1 amide bonds. The van der Waals surface area contributed by atoms with Gasteiger partial charge in [0.1, 0.15) is 11.4 Å². The van der Waals surface area contributed by atoms with E-state index in [0.717, 1.165) is 11.1 Å². The molecule has 0 saturated heterocycles. The smallest absolute Gasteiger partial charge is 0.296 e. The molecular weight excluding hydrogens is 388 g/mol. The number of fused-ring (bicyclic) bond motifs is 2. The van der Waals surface area contributed by atoms with E-state index in [4.69, 9.17) is 16.0 Å². The molecule has 0 radical (unpaired) electrons. The average molecular weight is 403 g/mol. The zero-order valence-corrected chi connectivity index (χ0v) is 16.2. The van der Waals surface area contributed by atoms with Crippen LogP contribution >= 0.6 is 11.6 Å². The Hall–Kier alpha value is -3.44. The summed E-state index contributed by atoms with van der Waals surface area (Å²) in [5, 5.41) is 0.969. The summed E-state index contributed by atoms with van der Waals surface area (Å²) in [5.41, 5.74) is 2.13. The highest BCUT2D eigenvalue weighted by Gasteiger charge is 2.44. The van der Waals surface area contributed by atoms with Gasteiger partial charge in [-0.15, -0.1) is 0 Å². The monoisotopic (exact) mass is 402 g/mol. The Bertz CT molecular complexity index is 1330. The first-order chi connectivity index (χ1) is 14.0. The minimum absolute atomic E-state index is 0.0435. The Kier molecular flexibility index (Phi) is 4.00. The number of amides is 1. The van der Waals surface area contributed by atoms with Crippen LogP contribution in [0.2, 0.25) is 5.02 Å². The first kappa shape index (κ1) is 17.6. The molecule has 5 rings (SSSR count). The van der Waals surface area contributed by atoms with Gasteiger partial charge in [0.05, 0.1) is 17.0 Å². The molecule has 0 spiro atoms. The fourth-order valence-corrected chi connectivity index (χ4v) is 4.01. The van der Waals surface area contributed by atoms with E-state index in [0.29, 0.717) is 27.4 Å². The van der Waals surface area contributed by atoms with E-state index in [1.807, 2.05) is 19.1 Å². The Morgan fingerprint density at radius 3 is 2.66 bits per heavy atom. The molecule has 2 aromatic heterocycles. The third-order valence-electron chi connectivity index (χ3n) is 5.09. The van der Waals surface area contributed by atoms with Crippen LogP contribution in [0.15, 0.2) is 76.1 Å². The standard InChI is InChI=1S/C23H15ClN2O3/c1-13-8-9-17-16(11-13)21(27)19-20(14-5-4-6-15(24)12-14)26(23(28)22(19)29-17)18-7-2-3-10-25-18/h2-12,20H,1H3/t20-/m1/s1. The summed E-state index contributed by atoms with van der Waals surface area (Å²) >= 11 is 6.22. The van der Waals surface area contributed by atoms with Crippen molar-refractivity contribution >= 4 is 34.3 Å². The van der Waals surface area contributed by atoms with E-state index in [1.54, 1.807) is 54.7 Å². The fourth-order valence-electron chi connectivity index (χ4n) is 3.81. The highest BCUT2D eigenvalue weighted by molar-refractivity contribution is 6.30. The Morgan fingerprint density at radius 1 is 1.03 bits per heavy atom. The number of carbonyl (C=O) groups excluding carboxylic acids is 1. The highest BCUT2D eigenvalue weighted by Crippen LogP contribution is 2.40. The van der Waals surface area contributed by atoms with Gasteiger partial charge >= 0.3 is 0 Å². The van der Waals surface area contributed by atoms with Crippen molar-refractivity contribution in [2.45, 2.75) is 13.0 Å². The van der Waals surface area contributed by atoms with Crippen LogP contribution in [-0.2, 0) is 0 Å². The number of carbonyl (C=O) groups is 1. The van der Waals surface area contributed by atoms with Crippen LogP contribution in [0.4, 0.5) is 5.82 Å². The number of aromatic nitrogens is 1. The number of anilines is 1. The first-order valence-corrected chi connectivity index (χ1v) is 9.50. The molecule has 5 nitrogen and oxygen atoms in total. The van der Waals surface area contributed by atoms with Gasteiger partial charge in [0.15, 0.2) is 5.43 Å². The number of hydrogen-bond acceptors (Lipinski definition) is 4. The number of halogens is 1. The predicted molar refractivity (Wildman–Crippen MR) is 112 cm³/mol. The Morgan fingerprint density at radius 2 is 1.90 bits per heavy atom. The van der Waals surface area contributed by atoms with Gasteiger partial charge in [0.25, 0.3) is 5.91 Å². The maximum Gasteiger partial charge on any atom is 0.296 e. The lowest BCUT2D eigenvalue weighted by Gasteiger charge is -2.24. The second-order valence-electron chi connectivity index (χ2n) is 6.99. The lowest BCUT2D eigenvalue weighted by molar-refractivity contribution is 0.0970. The van der Waals surface area contributed by atoms with Crippen LogP contribution < -0.4 is 10.3 Å². The molecule has 0 unspecified atom stereocenters. The topological polar surface area (TPSA) is 63.4 Å². The molecule has 2 aromatic carbocycles. The van der Waals surface area contributed by atoms with E-state index in [-0.39, 0.29) is 11.2 Å². The summed E-state index contributed by atoms with van der Waals surface area (Å²) in [6, 6.07) is 17.1. The molecule has 0 fully saturated rings. The maximum absolute atomic E-state index is 13.5. The molecule has 3 heterocycles. The van der Waals surface area contributed by atoms with Crippen LogP contribution in [0.25, 0.3) is 11.0 Å². The second kappa shape index (κ2) is 6.57. The number of nitrogens with zero attached hydrogens (tertiary/aromatic N) is 2. The molecule has 142 valence electrons. The van der Waals surface area contributed by atoms with Crippen molar-refractivity contribution < 1.29 is 9.21 Å². The quantitative estimate of drug-likeness (QED) is 0.478. The third-order valence-corrected chi connectivity index (χ3v) is 5.32. The lowest BCUT2D eigenvalue weighted by Crippen LogP contribution is -2.30. The van der Waals surface area contributed by atoms with Gasteiger partial charge in [0.2, 0.25) is 5.76 Å². The van der Waals surface area contributed by atoms with E-state index < -0.39 is 11.9 Å². The van der Waals surface area contributed by atoms with Crippen molar-refractivity contribution in [1.29, 1.82) is 0 Å². The van der Waals surface area contributed by atoms with Crippen molar-refractivity contribution in [1.82, 2.24) is 4.98 Å². The van der Waals surface area contributed by atoms with Gasteiger partial charge in [0, 0.05) is 11.2 Å². The van der Waals surface area contributed by atoms with Gasteiger partial charge in [-0.2, -0.15) is 0 Å². The normalized spacial score (nSPS) is 15.7. The van der Waals surface area contributed by atoms with Crippen molar-refractivity contribution in [3.8, 4) is 0 Å². The molecule has 0 N–H and O–H groups in total. The molecule has 1 aliphatic heterocycles. The van der Waals surface area contributed by atoms with Gasteiger partial charge in [-0.05, 0) is 48.9 Å². The second-order valence-corrected chi connectivity index (χ2v) is 7.43. The summed E-state index contributed by atoms with van der Waals surface area (Å²) in [4.78, 5) is 32.6. The van der Waals surface area contributed by atoms with Crippen LogP contribution in [0, 0.1) is 6.92 Å². The van der Waals surface area contributed by atoms with Gasteiger partial charge in [-0.1, -0.05) is 41.4 Å². The van der Waals surface area contributed by atoms with Gasteiger partial charge < -0.3 is 4.42 Å². The van der Waals surface area contributed by atoms with Crippen LogP contribution in [0.5, 0.6) is 0 Å². The number of pyridine rings is 1. The van der Waals surface area contributed by atoms with Gasteiger partial charge in [-0.25, -0.2) is 4.98 Å². The van der Waals surface area contributed by atoms with Crippen molar-refractivity contribution in [2.75, 3.05) is 4.90 Å². The summed E-state index contributed by atoms with van der Waals surface area (Å²) in [6.45, 7) is 1.91. The van der Waals surface area contributed by atoms with Crippen molar-refractivity contribution in [2.24, 2.45) is 0 Å². The largest absolute Gasteiger partial charge is 0.450 e. The Labute approximate surface area is 171 Å². The van der Waals surface area contributed by atoms with Crippen LogP contribution in [0.3, 0.4) is 0 Å². The predicted octanol–water partition coefficient (Wildman–Crippen LogP) is 4.90. The first-order valence-electron chi connectivity index (χ1n) is 9.12. The average Bonchev–Trinajstić information content (AvgIpc) is 3.02. The van der Waals surface area contributed by atoms with E-state index in [2.05, 4.69) is 4.98 Å². The number of benzene rings is 2. The number of rotatable bonds is 2. The van der Waals surface area contributed by atoms with Crippen LogP contribution in [-0.4, -0.2) is 10.9 Å². The molecule has 1 aliphatic rings. The molecular formula is C23H15ClN2O3. The SMILES string of the molecule is Cc1ccc2oc3c(c(=O)c2c1)[C@@H](c1cccc(Cl)c1)N(c1ccccn1)C3=O. The van der Waals surface area contributed by atoms with E-state index >= 15 is 0 Å². The fraction of sp³-hybridized carbons (Fsp3) is 0.0870. The lowest BCUT2D eigenvalue weighted by atomic mass is 9.98. The maximum atomic E-state index is 13.5. The Balaban J connectivity index is 1.84. The summed E-state index contributed by atoms with van der Waals surface area (Å²) in [7, 11) is 0.